The third-order valence-corrected chi connectivity index (χ3v) is 5.46. The van der Waals surface area contributed by atoms with Gasteiger partial charge in [0.05, 0.1) is 11.4 Å². The van der Waals surface area contributed by atoms with E-state index in [1.165, 1.54) is 26.1 Å². The zero-order valence-corrected chi connectivity index (χ0v) is 13.0. The number of benzene rings is 1. The van der Waals surface area contributed by atoms with Crippen molar-refractivity contribution < 1.29 is 12.8 Å². The van der Waals surface area contributed by atoms with Gasteiger partial charge in [-0.1, -0.05) is 5.92 Å². The smallest absolute Gasteiger partial charge is 0.244 e. The average Bonchev–Trinajstić information content (AvgIpc) is 3.24. The van der Waals surface area contributed by atoms with Crippen molar-refractivity contribution >= 4 is 10.0 Å². The molecule has 2 rings (SSSR count). The molecule has 1 aliphatic carbocycles. The molecule has 0 bridgehead atoms. The van der Waals surface area contributed by atoms with Crippen LogP contribution in [0.4, 0.5) is 4.39 Å². The summed E-state index contributed by atoms with van der Waals surface area (Å²) in [6.07, 6.45) is 7.38. The highest BCUT2D eigenvalue weighted by Gasteiger charge is 2.25. The maximum Gasteiger partial charge on any atom is 0.244 e. The molecule has 0 atom stereocenters. The molecule has 0 heterocycles. The summed E-state index contributed by atoms with van der Waals surface area (Å²) in [5, 5.41) is 3.25. The summed E-state index contributed by atoms with van der Waals surface area (Å²) in [6, 6.07) is 3.37. The van der Waals surface area contributed by atoms with Crippen LogP contribution in [0.5, 0.6) is 0 Å². The topological polar surface area (TPSA) is 49.4 Å². The number of hydrogen-bond donors (Lipinski definition) is 1. The molecule has 1 aromatic rings. The Kier molecular flexibility index (Phi) is 4.67. The van der Waals surface area contributed by atoms with Gasteiger partial charge in [-0.3, -0.25) is 0 Å². The maximum absolute atomic E-state index is 14.0. The van der Waals surface area contributed by atoms with Gasteiger partial charge in [0.1, 0.15) is 5.82 Å². The van der Waals surface area contributed by atoms with E-state index in [0.717, 1.165) is 17.1 Å². The predicted octanol–water partition coefficient (Wildman–Crippen LogP) is 1.64. The molecule has 6 heteroatoms. The van der Waals surface area contributed by atoms with Crippen LogP contribution < -0.4 is 5.32 Å². The van der Waals surface area contributed by atoms with Gasteiger partial charge in [0.2, 0.25) is 10.0 Å². The van der Waals surface area contributed by atoms with E-state index in [1.54, 1.807) is 0 Å². The van der Waals surface area contributed by atoms with Crippen LogP contribution in [0.25, 0.3) is 0 Å². The van der Waals surface area contributed by atoms with Crippen molar-refractivity contribution in [1.82, 2.24) is 9.62 Å². The first kappa shape index (κ1) is 16.0. The second-order valence-electron chi connectivity index (χ2n) is 5.32. The fourth-order valence-electron chi connectivity index (χ4n) is 2.01. The molecule has 0 radical (unpaired) electrons. The van der Waals surface area contributed by atoms with Crippen molar-refractivity contribution in [1.29, 1.82) is 0 Å². The molecule has 1 aliphatic rings. The van der Waals surface area contributed by atoms with Crippen LogP contribution in [0.1, 0.15) is 24.0 Å². The van der Waals surface area contributed by atoms with Gasteiger partial charge in [0.15, 0.2) is 0 Å². The van der Waals surface area contributed by atoms with Gasteiger partial charge in [-0.15, -0.1) is 6.42 Å². The van der Waals surface area contributed by atoms with Gasteiger partial charge in [-0.2, -0.15) is 4.31 Å². The number of halogens is 1. The molecule has 114 valence electrons. The molecule has 1 saturated carbocycles. The minimum atomic E-state index is -3.78. The van der Waals surface area contributed by atoms with Crippen LogP contribution in [0.2, 0.25) is 0 Å². The lowest BCUT2D eigenvalue weighted by atomic mass is 10.1. The number of terminal acetylenes is 1. The molecule has 1 aromatic carbocycles. The fraction of sp³-hybridized carbons (Fsp3) is 0.467. The molecule has 0 amide bonds. The Morgan fingerprint density at radius 1 is 1.48 bits per heavy atom. The van der Waals surface area contributed by atoms with Gasteiger partial charge in [0, 0.05) is 25.2 Å². The molecule has 1 N–H and O–H groups in total. The van der Waals surface area contributed by atoms with Crippen molar-refractivity contribution in [3.8, 4) is 12.3 Å². The summed E-state index contributed by atoms with van der Waals surface area (Å²) in [6.45, 7) is 1.88. The van der Waals surface area contributed by atoms with E-state index in [0.29, 0.717) is 18.2 Å². The highest BCUT2D eigenvalue weighted by atomic mass is 32.2. The molecule has 4 nitrogen and oxygen atoms in total. The Labute approximate surface area is 125 Å². The quantitative estimate of drug-likeness (QED) is 0.813. The lowest BCUT2D eigenvalue weighted by Gasteiger charge is -2.17. The first-order valence-corrected chi connectivity index (χ1v) is 8.22. The molecule has 0 aliphatic heterocycles. The van der Waals surface area contributed by atoms with E-state index in [-0.39, 0.29) is 17.0 Å². The number of rotatable bonds is 6. The first-order valence-electron chi connectivity index (χ1n) is 6.78. The molecule has 1 fully saturated rings. The van der Waals surface area contributed by atoms with Crippen molar-refractivity contribution in [2.75, 3.05) is 13.6 Å². The molecule has 0 unspecified atom stereocenters. The third kappa shape index (κ3) is 3.62. The lowest BCUT2D eigenvalue weighted by Crippen LogP contribution is -2.28. The second kappa shape index (κ2) is 6.14. The highest BCUT2D eigenvalue weighted by molar-refractivity contribution is 7.89. The minimum Gasteiger partial charge on any atom is -0.310 e. The molecular formula is C15H19FN2O2S. The Balaban J connectivity index is 2.34. The number of hydrogen-bond acceptors (Lipinski definition) is 3. The Morgan fingerprint density at radius 2 is 2.14 bits per heavy atom. The van der Waals surface area contributed by atoms with E-state index < -0.39 is 15.8 Å². The Bertz CT molecular complexity index is 676. The summed E-state index contributed by atoms with van der Waals surface area (Å²) < 4.78 is 39.9. The average molecular weight is 310 g/mol. The first-order chi connectivity index (χ1) is 9.86. The zero-order valence-electron chi connectivity index (χ0n) is 12.2. The standard InChI is InChI=1S/C15H19FN2O2S/c1-4-7-18(3)21(19,20)15-9-12(8-14(16)11(15)2)10-17-13-5-6-13/h1,8-9,13,17H,5-7,10H2,2-3H3. The molecule has 21 heavy (non-hydrogen) atoms. The third-order valence-electron chi connectivity index (χ3n) is 3.53. The van der Waals surface area contributed by atoms with Crippen LogP contribution >= 0.6 is 0 Å². The summed E-state index contributed by atoms with van der Waals surface area (Å²) >= 11 is 0. The van der Waals surface area contributed by atoms with E-state index in [4.69, 9.17) is 6.42 Å². The van der Waals surface area contributed by atoms with Crippen LogP contribution in [0.15, 0.2) is 17.0 Å². The summed E-state index contributed by atoms with van der Waals surface area (Å²) in [5.41, 5.74) is 0.742. The van der Waals surface area contributed by atoms with E-state index in [9.17, 15) is 12.8 Å². The van der Waals surface area contributed by atoms with E-state index >= 15 is 0 Å². The van der Waals surface area contributed by atoms with Gasteiger partial charge < -0.3 is 5.32 Å². The van der Waals surface area contributed by atoms with E-state index in [1.807, 2.05) is 0 Å². The number of sulfonamides is 1. The second-order valence-corrected chi connectivity index (χ2v) is 7.33. The van der Waals surface area contributed by atoms with Gasteiger partial charge in [-0.05, 0) is 37.5 Å². The van der Waals surface area contributed by atoms with Crippen molar-refractivity contribution in [3.63, 3.8) is 0 Å². The number of nitrogens with zero attached hydrogens (tertiary/aromatic N) is 1. The lowest BCUT2D eigenvalue weighted by molar-refractivity contribution is 0.500. The molecule has 0 saturated heterocycles. The van der Waals surface area contributed by atoms with Crippen LogP contribution in [-0.2, 0) is 16.6 Å². The van der Waals surface area contributed by atoms with E-state index in [2.05, 4.69) is 11.2 Å². The SMILES string of the molecule is C#CCN(C)S(=O)(=O)c1cc(CNC2CC2)cc(F)c1C. The summed E-state index contributed by atoms with van der Waals surface area (Å²) in [4.78, 5) is -0.0205. The van der Waals surface area contributed by atoms with Crippen LogP contribution in [-0.4, -0.2) is 32.4 Å². The van der Waals surface area contributed by atoms with Gasteiger partial charge in [0.25, 0.3) is 0 Å². The summed E-state index contributed by atoms with van der Waals surface area (Å²) in [5.74, 6) is 1.77. The van der Waals surface area contributed by atoms with Gasteiger partial charge in [-0.25, -0.2) is 12.8 Å². The monoisotopic (exact) mass is 310 g/mol. The maximum atomic E-state index is 14.0. The fourth-order valence-corrected chi connectivity index (χ4v) is 3.37. The van der Waals surface area contributed by atoms with Crippen LogP contribution in [0.3, 0.4) is 0 Å². The van der Waals surface area contributed by atoms with Crippen molar-refractivity contribution in [3.05, 3.63) is 29.1 Å². The minimum absolute atomic E-state index is 0.0205. The molecule has 0 spiro atoms. The molecular weight excluding hydrogens is 291 g/mol. The Morgan fingerprint density at radius 3 is 2.71 bits per heavy atom. The highest BCUT2D eigenvalue weighted by Crippen LogP contribution is 2.24. The van der Waals surface area contributed by atoms with Crippen LogP contribution in [0, 0.1) is 25.1 Å². The van der Waals surface area contributed by atoms with Crippen molar-refractivity contribution in [2.24, 2.45) is 0 Å². The Hall–Kier alpha value is -1.42. The van der Waals surface area contributed by atoms with Gasteiger partial charge >= 0.3 is 0 Å². The molecule has 0 aromatic heterocycles. The largest absolute Gasteiger partial charge is 0.310 e. The number of nitrogens with one attached hydrogen (secondary N) is 1. The van der Waals surface area contributed by atoms with Crippen molar-refractivity contribution in [2.45, 2.75) is 37.2 Å². The zero-order chi connectivity index (χ0) is 15.6. The predicted molar refractivity (Wildman–Crippen MR) is 79.6 cm³/mol. The normalized spacial score (nSPS) is 15.2. The summed E-state index contributed by atoms with van der Waals surface area (Å²) in [7, 11) is -2.39.